The van der Waals surface area contributed by atoms with Crippen LogP contribution in [0, 0.1) is 30.6 Å². The Bertz CT molecular complexity index is 961. The van der Waals surface area contributed by atoms with Crippen LogP contribution in [0.3, 0.4) is 0 Å². The van der Waals surface area contributed by atoms with Crippen molar-refractivity contribution in [3.8, 4) is 0 Å². The summed E-state index contributed by atoms with van der Waals surface area (Å²) in [6.07, 6.45) is 3.00. The van der Waals surface area contributed by atoms with Gasteiger partial charge in [-0.3, -0.25) is 9.35 Å². The van der Waals surface area contributed by atoms with E-state index >= 15 is 0 Å². The van der Waals surface area contributed by atoms with E-state index in [1.54, 1.807) is 0 Å². The number of benzene rings is 2. The second-order valence-electron chi connectivity index (χ2n) is 9.54. The summed E-state index contributed by atoms with van der Waals surface area (Å²) in [6.45, 7) is 8.13. The molecule has 2 aliphatic carbocycles. The van der Waals surface area contributed by atoms with Gasteiger partial charge >= 0.3 is 0 Å². The van der Waals surface area contributed by atoms with Gasteiger partial charge in [-0.2, -0.15) is 8.42 Å². The Kier molecular flexibility index (Phi) is 6.26. The van der Waals surface area contributed by atoms with Gasteiger partial charge in [-0.25, -0.2) is 0 Å². The maximum absolute atomic E-state index is 11.9. The predicted octanol–water partition coefficient (Wildman–Crippen LogP) is 5.16. The summed E-state index contributed by atoms with van der Waals surface area (Å²) in [5.41, 5.74) is 4.28. The minimum Gasteiger partial charge on any atom is -0.299 e. The van der Waals surface area contributed by atoms with Crippen LogP contribution in [0.25, 0.3) is 0 Å². The molecule has 2 aromatic rings. The van der Waals surface area contributed by atoms with Gasteiger partial charge in [-0.05, 0) is 55.6 Å². The Morgan fingerprint density at radius 1 is 0.933 bits per heavy atom. The molecule has 0 aromatic heterocycles. The molecule has 0 spiro atoms. The van der Waals surface area contributed by atoms with Crippen LogP contribution in [0.5, 0.6) is 0 Å². The number of carbonyl (C=O) groups is 1. The van der Waals surface area contributed by atoms with Crippen molar-refractivity contribution in [2.45, 2.75) is 53.4 Å². The molecule has 1 N–H and O–H groups in total. The van der Waals surface area contributed by atoms with Crippen molar-refractivity contribution >= 4 is 15.9 Å². The van der Waals surface area contributed by atoms with Gasteiger partial charge in [0.15, 0.2) is 0 Å². The van der Waals surface area contributed by atoms with Gasteiger partial charge < -0.3 is 0 Å². The fraction of sp³-hybridized carbons (Fsp3) is 0.480. The average molecular weight is 429 g/mol. The molecule has 2 aliphatic rings. The maximum atomic E-state index is 11.9. The number of carbonyl (C=O) groups excluding carboxylic acids is 1. The van der Waals surface area contributed by atoms with Crippen molar-refractivity contribution in [1.29, 1.82) is 0 Å². The summed E-state index contributed by atoms with van der Waals surface area (Å²) in [5.74, 6) is -0.101. The first kappa shape index (κ1) is 22.7. The van der Waals surface area contributed by atoms with Gasteiger partial charge in [0.25, 0.3) is 10.1 Å². The molecule has 0 heterocycles. The Labute approximate surface area is 180 Å². The van der Waals surface area contributed by atoms with Gasteiger partial charge in [0.05, 0.1) is 11.2 Å². The number of Topliss-reactive ketones (excluding diaryl/α,β-unsaturated/α-hetero) is 1. The first-order valence-electron chi connectivity index (χ1n) is 10.5. The predicted molar refractivity (Wildman–Crippen MR) is 120 cm³/mol. The molecule has 2 aromatic carbocycles. The fourth-order valence-electron chi connectivity index (χ4n) is 5.07. The molecule has 2 saturated carbocycles. The lowest BCUT2D eigenvalue weighted by Crippen LogP contribution is -2.42. The average Bonchev–Trinajstić information content (AvgIpc) is 2.99. The van der Waals surface area contributed by atoms with E-state index in [0.29, 0.717) is 12.8 Å². The van der Waals surface area contributed by atoms with Gasteiger partial charge in [0.2, 0.25) is 0 Å². The highest BCUT2D eigenvalue weighted by atomic mass is 32.2. The molecule has 0 amide bonds. The van der Waals surface area contributed by atoms with Gasteiger partial charge in [0, 0.05) is 6.42 Å². The molecule has 2 unspecified atom stereocenters. The third-order valence-electron chi connectivity index (χ3n) is 7.22. The summed E-state index contributed by atoms with van der Waals surface area (Å²) in [5, 5.41) is 0. The molecule has 0 radical (unpaired) electrons. The van der Waals surface area contributed by atoms with Crippen molar-refractivity contribution in [3.63, 3.8) is 0 Å². The zero-order chi connectivity index (χ0) is 22.2. The van der Waals surface area contributed by atoms with Gasteiger partial charge in [0.1, 0.15) is 5.78 Å². The van der Waals surface area contributed by atoms with Crippen LogP contribution in [0.15, 0.2) is 48.5 Å². The number of fused-ring (bicyclic) bond motifs is 2. The topological polar surface area (TPSA) is 71.4 Å². The van der Waals surface area contributed by atoms with Crippen LogP contribution in [-0.2, 0) is 21.3 Å². The zero-order valence-corrected chi connectivity index (χ0v) is 19.1. The molecule has 0 aliphatic heterocycles. The number of hydrogen-bond donors (Lipinski definition) is 1. The van der Waals surface area contributed by atoms with E-state index in [9.17, 15) is 13.2 Å². The molecular weight excluding hydrogens is 396 g/mol. The van der Waals surface area contributed by atoms with E-state index < -0.39 is 21.3 Å². The largest absolute Gasteiger partial charge is 0.299 e. The Morgan fingerprint density at radius 3 is 1.73 bits per heavy atom. The molecule has 0 saturated heterocycles. The highest BCUT2D eigenvalue weighted by molar-refractivity contribution is 7.85. The lowest BCUT2D eigenvalue weighted by molar-refractivity contribution is -0.128. The van der Waals surface area contributed by atoms with Crippen LogP contribution in [0.2, 0.25) is 0 Å². The third kappa shape index (κ3) is 4.68. The lowest BCUT2D eigenvalue weighted by atomic mass is 9.70. The summed E-state index contributed by atoms with van der Waals surface area (Å²) >= 11 is 0. The first-order valence-corrected chi connectivity index (χ1v) is 12.1. The van der Waals surface area contributed by atoms with Crippen LogP contribution in [-0.4, -0.2) is 24.5 Å². The Balaban J connectivity index is 0.000000171. The second kappa shape index (κ2) is 8.27. The SMILES string of the molecule is CC1(C)C2CCC1(CS(=O)(=O)O)C(=O)C2.Cc1ccc(Cc2ccc(C)cc2)cc1. The van der Waals surface area contributed by atoms with Crippen LogP contribution in [0.4, 0.5) is 0 Å². The van der Waals surface area contributed by atoms with E-state index in [2.05, 4.69) is 62.4 Å². The van der Waals surface area contributed by atoms with Crippen LogP contribution in [0.1, 0.15) is 55.4 Å². The fourth-order valence-corrected chi connectivity index (χ4v) is 6.37. The number of ketones is 1. The molecular formula is C25H32O4S. The molecule has 2 bridgehead atoms. The first-order chi connectivity index (χ1) is 13.9. The van der Waals surface area contributed by atoms with Crippen molar-refractivity contribution < 1.29 is 17.8 Å². The third-order valence-corrected chi connectivity index (χ3v) is 8.08. The van der Waals surface area contributed by atoms with E-state index in [0.717, 1.165) is 12.8 Å². The number of aryl methyl sites for hydroxylation is 2. The highest BCUT2D eigenvalue weighted by Crippen LogP contribution is 2.64. The molecule has 2 fully saturated rings. The molecule has 162 valence electrons. The van der Waals surface area contributed by atoms with Crippen molar-refractivity contribution in [3.05, 3.63) is 70.8 Å². The summed E-state index contributed by atoms with van der Waals surface area (Å²) < 4.78 is 31.0. The highest BCUT2D eigenvalue weighted by Gasteiger charge is 2.65. The quantitative estimate of drug-likeness (QED) is 0.683. The summed E-state index contributed by atoms with van der Waals surface area (Å²) in [6, 6.07) is 17.5. The zero-order valence-electron chi connectivity index (χ0n) is 18.3. The second-order valence-corrected chi connectivity index (χ2v) is 11.0. The summed E-state index contributed by atoms with van der Waals surface area (Å²) in [7, 11) is -4.08. The Morgan fingerprint density at radius 2 is 1.40 bits per heavy atom. The molecule has 4 rings (SSSR count). The van der Waals surface area contributed by atoms with Gasteiger partial charge in [-0.15, -0.1) is 0 Å². The minimum atomic E-state index is -4.08. The van der Waals surface area contributed by atoms with Crippen LogP contribution >= 0.6 is 0 Å². The van der Waals surface area contributed by atoms with Crippen molar-refractivity contribution in [1.82, 2.24) is 0 Å². The molecule has 2 atom stereocenters. The molecule has 4 nitrogen and oxygen atoms in total. The monoisotopic (exact) mass is 428 g/mol. The maximum Gasteiger partial charge on any atom is 0.265 e. The standard InChI is InChI=1S/C15H16.C10H16O4S/c1-12-3-7-14(8-4-12)11-15-9-5-13(2)6-10-15;1-9(2)7-3-4-10(9,8(11)5-7)6-15(12,13)14/h3-10H,11H2,1-2H3;7H,3-6H2,1-2H3,(H,12,13,14). The smallest absolute Gasteiger partial charge is 0.265 e. The molecule has 5 heteroatoms. The van der Waals surface area contributed by atoms with Crippen molar-refractivity contribution in [2.24, 2.45) is 16.7 Å². The Hall–Kier alpha value is -1.98. The van der Waals surface area contributed by atoms with E-state index in [1.807, 2.05) is 13.8 Å². The van der Waals surface area contributed by atoms with E-state index in [1.165, 1.54) is 22.3 Å². The number of hydrogen-bond acceptors (Lipinski definition) is 3. The van der Waals surface area contributed by atoms with Gasteiger partial charge in [-0.1, -0.05) is 73.5 Å². The lowest BCUT2D eigenvalue weighted by Gasteiger charge is -2.35. The van der Waals surface area contributed by atoms with Crippen LogP contribution < -0.4 is 0 Å². The van der Waals surface area contributed by atoms with Crippen molar-refractivity contribution in [2.75, 3.05) is 5.75 Å². The van der Waals surface area contributed by atoms with E-state index in [4.69, 9.17) is 4.55 Å². The summed E-state index contributed by atoms with van der Waals surface area (Å²) in [4.78, 5) is 11.9. The minimum absolute atomic E-state index is 0.0152. The number of rotatable bonds is 4. The molecule has 30 heavy (non-hydrogen) atoms. The van der Waals surface area contributed by atoms with E-state index in [-0.39, 0.29) is 17.1 Å². The normalized spacial score (nSPS) is 24.4.